The molecule has 0 aliphatic carbocycles. The number of carbonyl (C=O) groups excluding carboxylic acids is 2. The van der Waals surface area contributed by atoms with Crippen molar-refractivity contribution in [2.24, 2.45) is 0 Å². The van der Waals surface area contributed by atoms with Gasteiger partial charge in [-0.05, 0) is 44.2 Å². The number of carbonyl (C=O) groups is 2. The number of fused-ring (bicyclic) bond motifs is 1. The maximum atomic E-state index is 13.7. The lowest BCUT2D eigenvalue weighted by molar-refractivity contribution is -0.142. The molecule has 3 rings (SSSR count). The van der Waals surface area contributed by atoms with E-state index in [2.05, 4.69) is 10.1 Å². The molecule has 1 aromatic carbocycles. The Hall–Kier alpha value is -3.43. The number of halogens is 3. The van der Waals surface area contributed by atoms with Gasteiger partial charge in [-0.25, -0.2) is 9.50 Å². The Morgan fingerprint density at radius 3 is 2.37 bits per heavy atom. The van der Waals surface area contributed by atoms with E-state index in [4.69, 9.17) is 4.74 Å². The number of methoxy groups -OCH3 is 1. The minimum atomic E-state index is -4.72. The third kappa shape index (κ3) is 4.27. The van der Waals surface area contributed by atoms with Crippen molar-refractivity contribution in [2.45, 2.75) is 20.0 Å². The minimum Gasteiger partial charge on any atom is -0.497 e. The van der Waals surface area contributed by atoms with Gasteiger partial charge in [-0.15, -0.1) is 0 Å². The molecule has 0 radical (unpaired) electrons. The number of rotatable bonds is 6. The second-order valence-corrected chi connectivity index (χ2v) is 6.57. The largest absolute Gasteiger partial charge is 0.497 e. The Bertz CT molecular complexity index is 1090. The summed E-state index contributed by atoms with van der Waals surface area (Å²) in [5, 5.41) is 3.83. The fourth-order valence-corrected chi connectivity index (χ4v) is 2.95. The summed E-state index contributed by atoms with van der Waals surface area (Å²) in [5.41, 5.74) is -0.884. The highest BCUT2D eigenvalue weighted by Crippen LogP contribution is 2.32. The van der Waals surface area contributed by atoms with E-state index in [0.717, 1.165) is 6.07 Å². The first kappa shape index (κ1) is 21.3. The van der Waals surface area contributed by atoms with Crippen molar-refractivity contribution in [3.05, 3.63) is 47.8 Å². The first-order valence-corrected chi connectivity index (χ1v) is 9.05. The Kier molecular flexibility index (Phi) is 5.77. The van der Waals surface area contributed by atoms with Gasteiger partial charge in [0, 0.05) is 18.2 Å². The monoisotopic (exact) mass is 420 g/mol. The van der Waals surface area contributed by atoms with Crippen LogP contribution >= 0.6 is 0 Å². The molecule has 0 atom stereocenters. The number of likely N-dealkylation sites (N-methyl/N-ethyl adjacent to an activating group) is 1. The van der Waals surface area contributed by atoms with E-state index in [9.17, 15) is 22.8 Å². The van der Waals surface area contributed by atoms with Crippen LogP contribution < -0.4 is 4.74 Å². The Balaban J connectivity index is 2.12. The number of nitrogens with zero attached hydrogens (tertiary/aromatic N) is 4. The topological polar surface area (TPSA) is 76.8 Å². The van der Waals surface area contributed by atoms with Gasteiger partial charge in [0.15, 0.2) is 17.0 Å². The Morgan fingerprint density at radius 1 is 1.17 bits per heavy atom. The zero-order valence-corrected chi connectivity index (χ0v) is 16.5. The van der Waals surface area contributed by atoms with E-state index in [1.165, 1.54) is 25.0 Å². The molecular weight excluding hydrogens is 401 g/mol. The number of amides is 1. The van der Waals surface area contributed by atoms with E-state index >= 15 is 0 Å². The van der Waals surface area contributed by atoms with Gasteiger partial charge >= 0.3 is 6.18 Å². The molecule has 0 fully saturated rings. The molecule has 7 nitrogen and oxygen atoms in total. The summed E-state index contributed by atoms with van der Waals surface area (Å²) < 4.78 is 46.7. The van der Waals surface area contributed by atoms with Crippen molar-refractivity contribution in [1.29, 1.82) is 0 Å². The van der Waals surface area contributed by atoms with Crippen molar-refractivity contribution in [1.82, 2.24) is 19.5 Å². The number of hydrogen-bond donors (Lipinski definition) is 0. The molecule has 10 heteroatoms. The second kappa shape index (κ2) is 8.13. The quantitative estimate of drug-likeness (QED) is 0.610. The number of Topliss-reactive ketones (excluding diaryl/α,β-unsaturated/α-hetero) is 1. The van der Waals surface area contributed by atoms with Gasteiger partial charge in [-0.3, -0.25) is 9.59 Å². The van der Waals surface area contributed by atoms with Crippen LogP contribution in [-0.4, -0.2) is 51.4 Å². The molecule has 0 saturated heterocycles. The van der Waals surface area contributed by atoms with Crippen molar-refractivity contribution < 1.29 is 27.5 Å². The minimum absolute atomic E-state index is 0.0764. The SMILES string of the molecule is CCN(CC(C)=O)C(=O)c1cc2nc(-c3ccc(OC)cc3)cc(C(F)(F)F)n2n1. The molecule has 30 heavy (non-hydrogen) atoms. The van der Waals surface area contributed by atoms with Gasteiger partial charge in [0.2, 0.25) is 0 Å². The van der Waals surface area contributed by atoms with E-state index in [-0.39, 0.29) is 35.9 Å². The van der Waals surface area contributed by atoms with Crippen LogP contribution in [0.25, 0.3) is 16.9 Å². The molecule has 0 bridgehead atoms. The van der Waals surface area contributed by atoms with Gasteiger partial charge in [-0.2, -0.15) is 18.3 Å². The fourth-order valence-electron chi connectivity index (χ4n) is 2.95. The van der Waals surface area contributed by atoms with Crippen LogP contribution in [0, 0.1) is 0 Å². The highest BCUT2D eigenvalue weighted by atomic mass is 19.4. The third-order valence-electron chi connectivity index (χ3n) is 4.40. The number of ether oxygens (including phenoxy) is 1. The van der Waals surface area contributed by atoms with Crippen LogP contribution in [0.15, 0.2) is 36.4 Å². The molecule has 0 spiro atoms. The van der Waals surface area contributed by atoms with Gasteiger partial charge in [0.25, 0.3) is 5.91 Å². The van der Waals surface area contributed by atoms with Gasteiger partial charge in [0.1, 0.15) is 11.5 Å². The number of benzene rings is 1. The molecular formula is C20H19F3N4O3. The highest BCUT2D eigenvalue weighted by molar-refractivity contribution is 5.95. The molecule has 3 aromatic rings. The van der Waals surface area contributed by atoms with Crippen LogP contribution in [0.1, 0.15) is 30.0 Å². The molecule has 0 saturated carbocycles. The van der Waals surface area contributed by atoms with E-state index in [1.807, 2.05) is 0 Å². The average Bonchev–Trinajstić information content (AvgIpc) is 3.14. The van der Waals surface area contributed by atoms with Crippen LogP contribution in [-0.2, 0) is 11.0 Å². The lowest BCUT2D eigenvalue weighted by atomic mass is 10.1. The van der Waals surface area contributed by atoms with Crippen molar-refractivity contribution in [3.8, 4) is 17.0 Å². The van der Waals surface area contributed by atoms with Gasteiger partial charge in [0.05, 0.1) is 19.3 Å². The zero-order chi connectivity index (χ0) is 22.1. The lowest BCUT2D eigenvalue weighted by Gasteiger charge is -2.17. The first-order valence-electron chi connectivity index (χ1n) is 9.05. The summed E-state index contributed by atoms with van der Waals surface area (Å²) in [7, 11) is 1.48. The van der Waals surface area contributed by atoms with Crippen LogP contribution in [0.4, 0.5) is 13.2 Å². The summed E-state index contributed by atoms with van der Waals surface area (Å²) >= 11 is 0. The number of alkyl halides is 3. The molecule has 0 aliphatic rings. The lowest BCUT2D eigenvalue weighted by Crippen LogP contribution is -2.35. The number of ketones is 1. The molecule has 0 N–H and O–H groups in total. The molecule has 1 amide bonds. The summed E-state index contributed by atoms with van der Waals surface area (Å²) in [6, 6.07) is 8.47. The van der Waals surface area contributed by atoms with E-state index in [0.29, 0.717) is 15.8 Å². The van der Waals surface area contributed by atoms with Crippen molar-refractivity contribution in [2.75, 3.05) is 20.2 Å². The van der Waals surface area contributed by atoms with Crippen LogP contribution in [0.5, 0.6) is 5.75 Å². The first-order chi connectivity index (χ1) is 14.1. The van der Waals surface area contributed by atoms with Crippen molar-refractivity contribution in [3.63, 3.8) is 0 Å². The Labute approximate surface area is 170 Å². The summed E-state index contributed by atoms with van der Waals surface area (Å²) in [4.78, 5) is 29.5. The molecule has 0 unspecified atom stereocenters. The predicted molar refractivity (Wildman–Crippen MR) is 102 cm³/mol. The average molecular weight is 420 g/mol. The van der Waals surface area contributed by atoms with E-state index in [1.54, 1.807) is 31.2 Å². The maximum absolute atomic E-state index is 13.7. The van der Waals surface area contributed by atoms with Gasteiger partial charge in [-0.1, -0.05) is 0 Å². The fraction of sp³-hybridized carbons (Fsp3) is 0.300. The summed E-state index contributed by atoms with van der Waals surface area (Å²) in [5.74, 6) is -0.333. The smallest absolute Gasteiger partial charge is 0.433 e. The van der Waals surface area contributed by atoms with Gasteiger partial charge < -0.3 is 9.64 Å². The molecule has 2 heterocycles. The predicted octanol–water partition coefficient (Wildman–Crippen LogP) is 3.47. The normalized spacial score (nSPS) is 11.5. The third-order valence-corrected chi connectivity index (χ3v) is 4.40. The summed E-state index contributed by atoms with van der Waals surface area (Å²) in [6.45, 7) is 3.05. The van der Waals surface area contributed by atoms with Crippen LogP contribution in [0.2, 0.25) is 0 Å². The number of aromatic nitrogens is 3. The highest BCUT2D eigenvalue weighted by Gasteiger charge is 2.36. The standard InChI is InChI=1S/C20H19F3N4O3/c1-4-26(11-12(2)28)19(29)16-10-18-24-15(13-5-7-14(30-3)8-6-13)9-17(20(21,22)23)27(18)25-16/h5-10H,4,11H2,1-3H3. The molecule has 158 valence electrons. The second-order valence-electron chi connectivity index (χ2n) is 6.57. The number of hydrogen-bond acceptors (Lipinski definition) is 5. The molecule has 2 aromatic heterocycles. The van der Waals surface area contributed by atoms with Crippen molar-refractivity contribution >= 4 is 17.3 Å². The Morgan fingerprint density at radius 2 is 1.83 bits per heavy atom. The molecule has 0 aliphatic heterocycles. The van der Waals surface area contributed by atoms with Crippen LogP contribution in [0.3, 0.4) is 0 Å². The van der Waals surface area contributed by atoms with E-state index < -0.39 is 17.8 Å². The summed E-state index contributed by atoms with van der Waals surface area (Å²) in [6.07, 6.45) is -4.72. The maximum Gasteiger partial charge on any atom is 0.433 e. The zero-order valence-electron chi connectivity index (χ0n) is 16.5.